The maximum absolute atomic E-state index is 13.6. The van der Waals surface area contributed by atoms with Crippen LogP contribution in [0, 0.1) is 23.1 Å². The molecule has 130 valence electrons. The first-order valence-electron chi connectivity index (χ1n) is 6.53. The van der Waals surface area contributed by atoms with Crippen molar-refractivity contribution < 1.29 is 23.5 Å². The molecule has 0 saturated heterocycles. The molecule has 2 aromatic carbocycles. The fourth-order valence-electron chi connectivity index (χ4n) is 1.99. The van der Waals surface area contributed by atoms with Crippen LogP contribution in [0.25, 0.3) is 0 Å². The summed E-state index contributed by atoms with van der Waals surface area (Å²) in [6.45, 7) is 0. The van der Waals surface area contributed by atoms with Crippen molar-refractivity contribution in [1.29, 1.82) is 0 Å². The molecule has 24 heavy (non-hydrogen) atoms. The number of nitro benzene ring substituents is 1. The van der Waals surface area contributed by atoms with Gasteiger partial charge in [-0.05, 0) is 0 Å². The fraction of sp³-hybridized carbons (Fsp3) is 0.200. The van der Waals surface area contributed by atoms with Crippen molar-refractivity contribution in [2.24, 2.45) is 0 Å². The summed E-state index contributed by atoms with van der Waals surface area (Å²) in [6.07, 6.45) is 0. The molecule has 0 heterocycles. The van der Waals surface area contributed by atoms with Crippen LogP contribution in [0.3, 0.4) is 0 Å². The second-order valence-corrected chi connectivity index (χ2v) is 9.95. The molecule has 0 aliphatic rings. The number of nitro groups is 1. The SMILES string of the molecule is COc1cc(OC)c(I(Cl)c2cc(F)ccc2[N+](=O)[O-])c(OC)c1. The molecule has 0 aromatic heterocycles. The number of nitrogens with zero attached hydrogens (tertiary/aromatic N) is 1. The standard InChI is InChI=1S/C15H14ClFINO5/c1-22-10-7-13(23-2)15(14(8-10)24-3)18(16)11-6-9(17)4-5-12(11)19(20)21/h4-8H,1-3H3. The first kappa shape index (κ1) is 18.5. The molecule has 2 aromatic rings. The van der Waals surface area contributed by atoms with Gasteiger partial charge in [-0.1, -0.05) is 0 Å². The second kappa shape index (κ2) is 7.84. The summed E-state index contributed by atoms with van der Waals surface area (Å²) < 4.78 is 30.1. The molecular formula is C15H14ClFINO5. The molecule has 0 N–H and O–H groups in total. The number of hydrogen-bond donors (Lipinski definition) is 0. The van der Waals surface area contributed by atoms with Crippen LogP contribution in [0.2, 0.25) is 0 Å². The number of benzene rings is 2. The van der Waals surface area contributed by atoms with E-state index in [0.29, 0.717) is 20.8 Å². The van der Waals surface area contributed by atoms with E-state index >= 15 is 0 Å². The van der Waals surface area contributed by atoms with Gasteiger partial charge >= 0.3 is 149 Å². The van der Waals surface area contributed by atoms with E-state index in [0.717, 1.165) is 18.2 Å². The number of methoxy groups -OCH3 is 3. The summed E-state index contributed by atoms with van der Waals surface area (Å²) in [7, 11) is 11.0. The van der Waals surface area contributed by atoms with Gasteiger partial charge in [0.15, 0.2) is 0 Å². The molecule has 0 bridgehead atoms. The van der Waals surface area contributed by atoms with Crippen LogP contribution in [-0.2, 0) is 0 Å². The molecule has 0 radical (unpaired) electrons. The van der Waals surface area contributed by atoms with Crippen LogP contribution in [0.5, 0.6) is 17.2 Å². The van der Waals surface area contributed by atoms with Crippen molar-refractivity contribution in [3.63, 3.8) is 0 Å². The van der Waals surface area contributed by atoms with E-state index in [4.69, 9.17) is 23.1 Å². The Labute approximate surface area is 148 Å². The van der Waals surface area contributed by atoms with E-state index in [-0.39, 0.29) is 9.26 Å². The molecule has 6 nitrogen and oxygen atoms in total. The van der Waals surface area contributed by atoms with Gasteiger partial charge in [0.2, 0.25) is 0 Å². The van der Waals surface area contributed by atoms with Crippen LogP contribution in [0.15, 0.2) is 30.3 Å². The topological polar surface area (TPSA) is 70.8 Å². The van der Waals surface area contributed by atoms with Gasteiger partial charge in [0.1, 0.15) is 0 Å². The third kappa shape index (κ3) is 3.64. The van der Waals surface area contributed by atoms with Crippen LogP contribution in [-0.4, -0.2) is 26.3 Å². The van der Waals surface area contributed by atoms with Gasteiger partial charge in [0.25, 0.3) is 0 Å². The quantitative estimate of drug-likeness (QED) is 0.355. The third-order valence-electron chi connectivity index (χ3n) is 3.11. The van der Waals surface area contributed by atoms with Crippen molar-refractivity contribution >= 4 is 33.3 Å². The van der Waals surface area contributed by atoms with Crippen LogP contribution in [0.1, 0.15) is 0 Å². The van der Waals surface area contributed by atoms with E-state index in [2.05, 4.69) is 0 Å². The van der Waals surface area contributed by atoms with Crippen LogP contribution < -0.4 is 14.2 Å². The van der Waals surface area contributed by atoms with Crippen molar-refractivity contribution in [2.75, 3.05) is 21.3 Å². The number of rotatable bonds is 6. The minimum absolute atomic E-state index is 0.160. The third-order valence-corrected chi connectivity index (χ3v) is 8.99. The molecule has 0 fully saturated rings. The fourth-order valence-corrected chi connectivity index (χ4v) is 7.40. The molecule has 2 rings (SSSR count). The van der Waals surface area contributed by atoms with E-state index < -0.39 is 29.4 Å². The Bertz CT molecular complexity index is 749. The van der Waals surface area contributed by atoms with Gasteiger partial charge in [-0.2, -0.15) is 0 Å². The molecule has 0 spiro atoms. The van der Waals surface area contributed by atoms with Crippen LogP contribution in [0.4, 0.5) is 10.1 Å². The Morgan fingerprint density at radius 1 is 1.08 bits per heavy atom. The zero-order valence-corrected chi connectivity index (χ0v) is 15.9. The molecule has 0 aliphatic heterocycles. The first-order valence-corrected chi connectivity index (χ1v) is 11.4. The summed E-state index contributed by atoms with van der Waals surface area (Å²) in [4.78, 5) is 10.7. The number of halogens is 3. The Hall–Kier alpha value is -1.81. The average molecular weight is 470 g/mol. The van der Waals surface area contributed by atoms with Gasteiger partial charge < -0.3 is 0 Å². The summed E-state index contributed by atoms with van der Waals surface area (Å²) >= 11 is -2.91. The molecular weight excluding hydrogens is 456 g/mol. The minimum atomic E-state index is -2.91. The molecule has 0 unspecified atom stereocenters. The first-order chi connectivity index (χ1) is 11.4. The van der Waals surface area contributed by atoms with Gasteiger partial charge in [-0.25, -0.2) is 0 Å². The van der Waals surface area contributed by atoms with Gasteiger partial charge in [0.05, 0.1) is 0 Å². The summed E-state index contributed by atoms with van der Waals surface area (Å²) in [5.41, 5.74) is -0.225. The van der Waals surface area contributed by atoms with Crippen LogP contribution >= 0.6 is 27.6 Å². The molecule has 0 amide bonds. The normalized spacial score (nSPS) is 11.0. The van der Waals surface area contributed by atoms with E-state index in [1.165, 1.54) is 21.3 Å². The zero-order chi connectivity index (χ0) is 17.9. The van der Waals surface area contributed by atoms with E-state index in [1.807, 2.05) is 0 Å². The van der Waals surface area contributed by atoms with E-state index in [9.17, 15) is 14.5 Å². The summed E-state index contributed by atoms with van der Waals surface area (Å²) in [5, 5.41) is 11.2. The van der Waals surface area contributed by atoms with Gasteiger partial charge in [-0.15, -0.1) is 0 Å². The molecule has 9 heteroatoms. The predicted octanol–water partition coefficient (Wildman–Crippen LogP) is 4.46. The maximum atomic E-state index is 13.6. The Balaban J connectivity index is 2.68. The molecule has 0 atom stereocenters. The monoisotopic (exact) mass is 469 g/mol. The Morgan fingerprint density at radius 3 is 2.12 bits per heavy atom. The number of hydrogen-bond acceptors (Lipinski definition) is 5. The van der Waals surface area contributed by atoms with Gasteiger partial charge in [0, 0.05) is 0 Å². The average Bonchev–Trinajstić information content (AvgIpc) is 2.59. The Morgan fingerprint density at radius 2 is 1.67 bits per heavy atom. The second-order valence-electron chi connectivity index (χ2n) is 4.44. The van der Waals surface area contributed by atoms with Crippen molar-refractivity contribution in [3.05, 3.63) is 53.4 Å². The van der Waals surface area contributed by atoms with Crippen molar-refractivity contribution in [1.82, 2.24) is 0 Å². The summed E-state index contributed by atoms with van der Waals surface area (Å²) in [6, 6.07) is 6.45. The Kier molecular flexibility index (Phi) is 6.05. The zero-order valence-electron chi connectivity index (χ0n) is 13.0. The molecule has 0 saturated carbocycles. The predicted molar refractivity (Wildman–Crippen MR) is 96.4 cm³/mol. The van der Waals surface area contributed by atoms with Gasteiger partial charge in [-0.3, -0.25) is 0 Å². The van der Waals surface area contributed by atoms with E-state index in [1.54, 1.807) is 12.1 Å². The van der Waals surface area contributed by atoms with Crippen molar-refractivity contribution in [2.45, 2.75) is 0 Å². The number of ether oxygens (including phenoxy) is 3. The molecule has 0 aliphatic carbocycles. The van der Waals surface area contributed by atoms with Crippen molar-refractivity contribution in [3.8, 4) is 17.2 Å². The summed E-state index contributed by atoms with van der Waals surface area (Å²) in [5.74, 6) is 0.655.